The predicted molar refractivity (Wildman–Crippen MR) is 102 cm³/mol. The summed E-state index contributed by atoms with van der Waals surface area (Å²) < 4.78 is 0. The van der Waals surface area contributed by atoms with E-state index < -0.39 is 4.92 Å². The second-order valence-corrected chi connectivity index (χ2v) is 5.88. The molecule has 1 heterocycles. The van der Waals surface area contributed by atoms with Gasteiger partial charge in [-0.2, -0.15) is 0 Å². The number of rotatable bonds is 7. The molecule has 8 heteroatoms. The molecule has 0 spiro atoms. The zero-order valence-corrected chi connectivity index (χ0v) is 14.4. The van der Waals surface area contributed by atoms with Crippen molar-refractivity contribution in [3.05, 3.63) is 70.4 Å². The van der Waals surface area contributed by atoms with Gasteiger partial charge in [0.2, 0.25) is 0 Å². The second kappa shape index (κ2) is 8.13. The molecule has 3 aromatic rings. The number of carbonyl (C=O) groups excluding carboxylic acids is 1. The molecule has 0 radical (unpaired) electrons. The van der Waals surface area contributed by atoms with Crippen molar-refractivity contribution >= 4 is 28.2 Å². The molecule has 0 saturated carbocycles. The number of phenolic OH excluding ortho intramolecular Hbond substituents is 1. The molecule has 0 atom stereocenters. The van der Waals surface area contributed by atoms with E-state index in [0.29, 0.717) is 41.7 Å². The fraction of sp³-hybridized carbons (Fsp3) is 0.158. The van der Waals surface area contributed by atoms with Crippen LogP contribution in [0.1, 0.15) is 16.8 Å². The van der Waals surface area contributed by atoms with Crippen molar-refractivity contribution in [1.29, 1.82) is 0 Å². The van der Waals surface area contributed by atoms with Gasteiger partial charge in [-0.3, -0.25) is 19.9 Å². The maximum absolute atomic E-state index is 12.0. The van der Waals surface area contributed by atoms with Gasteiger partial charge in [0, 0.05) is 30.9 Å². The van der Waals surface area contributed by atoms with Gasteiger partial charge in [-0.05, 0) is 42.8 Å². The first-order valence-corrected chi connectivity index (χ1v) is 8.39. The average molecular weight is 366 g/mol. The molecule has 0 aliphatic carbocycles. The zero-order valence-electron chi connectivity index (χ0n) is 14.4. The Bertz CT molecular complexity index is 990. The van der Waals surface area contributed by atoms with Crippen molar-refractivity contribution in [2.75, 3.05) is 18.4 Å². The number of non-ortho nitro benzene ring substituents is 1. The highest BCUT2D eigenvalue weighted by Gasteiger charge is 2.14. The lowest BCUT2D eigenvalue weighted by Gasteiger charge is -2.10. The van der Waals surface area contributed by atoms with Gasteiger partial charge in [0.25, 0.3) is 11.6 Å². The van der Waals surface area contributed by atoms with Crippen LogP contribution in [0.15, 0.2) is 54.7 Å². The van der Waals surface area contributed by atoms with Crippen LogP contribution in [0.3, 0.4) is 0 Å². The van der Waals surface area contributed by atoms with Gasteiger partial charge >= 0.3 is 0 Å². The smallest absolute Gasteiger partial charge is 0.278 e. The van der Waals surface area contributed by atoms with Crippen LogP contribution in [0, 0.1) is 10.1 Å². The minimum Gasteiger partial charge on any atom is -0.508 e. The Labute approximate surface area is 155 Å². The number of hydrogen-bond acceptors (Lipinski definition) is 6. The Kier molecular flexibility index (Phi) is 5.46. The van der Waals surface area contributed by atoms with E-state index in [-0.39, 0.29) is 17.3 Å². The van der Waals surface area contributed by atoms with Gasteiger partial charge in [0.1, 0.15) is 11.3 Å². The highest BCUT2D eigenvalue weighted by molar-refractivity contribution is 5.96. The molecule has 3 rings (SSSR count). The summed E-state index contributed by atoms with van der Waals surface area (Å²) in [5.41, 5.74) is 1.65. The Morgan fingerprint density at radius 2 is 2.00 bits per heavy atom. The van der Waals surface area contributed by atoms with Crippen molar-refractivity contribution in [1.82, 2.24) is 10.3 Å². The minimum absolute atomic E-state index is 0.0158. The van der Waals surface area contributed by atoms with E-state index in [4.69, 9.17) is 0 Å². The number of aromatic hydroxyl groups is 1. The third-order valence-electron chi connectivity index (χ3n) is 4.01. The molecule has 8 nitrogen and oxygen atoms in total. The first-order valence-electron chi connectivity index (χ1n) is 8.39. The first-order chi connectivity index (χ1) is 13.1. The van der Waals surface area contributed by atoms with Gasteiger partial charge in [-0.1, -0.05) is 6.07 Å². The van der Waals surface area contributed by atoms with Crippen LogP contribution in [0.2, 0.25) is 0 Å². The van der Waals surface area contributed by atoms with Crippen LogP contribution >= 0.6 is 0 Å². The highest BCUT2D eigenvalue weighted by Crippen LogP contribution is 2.29. The monoisotopic (exact) mass is 366 g/mol. The van der Waals surface area contributed by atoms with E-state index in [1.54, 1.807) is 36.5 Å². The van der Waals surface area contributed by atoms with Crippen LogP contribution in [0.25, 0.3) is 10.9 Å². The molecule has 3 N–H and O–H groups in total. The van der Waals surface area contributed by atoms with E-state index >= 15 is 0 Å². The number of pyridine rings is 1. The summed E-state index contributed by atoms with van der Waals surface area (Å²) in [6, 6.07) is 12.6. The number of phenols is 1. The number of nitro benzene ring substituents is 1. The van der Waals surface area contributed by atoms with E-state index in [0.717, 1.165) is 0 Å². The molecule has 0 bridgehead atoms. The van der Waals surface area contributed by atoms with Crippen molar-refractivity contribution < 1.29 is 14.8 Å². The highest BCUT2D eigenvalue weighted by atomic mass is 16.6. The molecule has 0 aliphatic rings. The molecule has 0 unspecified atom stereocenters. The number of nitrogens with zero attached hydrogens (tertiary/aromatic N) is 2. The van der Waals surface area contributed by atoms with Crippen molar-refractivity contribution in [2.24, 2.45) is 0 Å². The molecule has 0 saturated heterocycles. The SMILES string of the molecule is O=C(NCCCNc1ccc([N+](=O)[O-])c2cccnc12)c1cccc(O)c1. The molecule has 0 aliphatic heterocycles. The topological polar surface area (TPSA) is 117 Å². The molecule has 2 aromatic carbocycles. The molecular formula is C19H18N4O4. The number of fused-ring (bicyclic) bond motifs is 1. The Hall–Kier alpha value is -3.68. The van der Waals surface area contributed by atoms with Gasteiger partial charge in [-0.15, -0.1) is 0 Å². The lowest BCUT2D eigenvalue weighted by Crippen LogP contribution is -2.25. The number of nitro groups is 1. The molecular weight excluding hydrogens is 348 g/mol. The van der Waals surface area contributed by atoms with Crippen LogP contribution in [-0.4, -0.2) is 34.0 Å². The van der Waals surface area contributed by atoms with Crippen molar-refractivity contribution in [2.45, 2.75) is 6.42 Å². The fourth-order valence-electron chi connectivity index (χ4n) is 2.72. The summed E-state index contributed by atoms with van der Waals surface area (Å²) in [4.78, 5) is 26.9. The van der Waals surface area contributed by atoms with Crippen molar-refractivity contribution in [3.8, 4) is 5.75 Å². The second-order valence-electron chi connectivity index (χ2n) is 5.88. The molecule has 0 fully saturated rings. The summed E-state index contributed by atoms with van der Waals surface area (Å²) in [7, 11) is 0. The van der Waals surface area contributed by atoms with Gasteiger partial charge < -0.3 is 15.7 Å². The number of hydrogen-bond donors (Lipinski definition) is 3. The van der Waals surface area contributed by atoms with E-state index in [9.17, 15) is 20.0 Å². The summed E-state index contributed by atoms with van der Waals surface area (Å²) in [6.07, 6.45) is 2.24. The summed E-state index contributed by atoms with van der Waals surface area (Å²) in [6.45, 7) is 1.00. The van der Waals surface area contributed by atoms with E-state index in [1.165, 1.54) is 18.2 Å². The Morgan fingerprint density at radius 3 is 2.78 bits per heavy atom. The molecule has 138 valence electrons. The first kappa shape index (κ1) is 18.1. The average Bonchev–Trinajstić information content (AvgIpc) is 2.67. The largest absolute Gasteiger partial charge is 0.508 e. The molecule has 1 amide bonds. The zero-order chi connectivity index (χ0) is 19.2. The van der Waals surface area contributed by atoms with Crippen LogP contribution < -0.4 is 10.6 Å². The van der Waals surface area contributed by atoms with Gasteiger partial charge in [-0.25, -0.2) is 0 Å². The van der Waals surface area contributed by atoms with Gasteiger partial charge in [0.15, 0.2) is 0 Å². The predicted octanol–water partition coefficient (Wildman–Crippen LogP) is 3.08. The Balaban J connectivity index is 1.56. The number of benzene rings is 2. The lowest BCUT2D eigenvalue weighted by molar-refractivity contribution is -0.383. The minimum atomic E-state index is -0.426. The maximum atomic E-state index is 12.0. The van der Waals surface area contributed by atoms with E-state index in [2.05, 4.69) is 15.6 Å². The normalized spacial score (nSPS) is 10.5. The van der Waals surface area contributed by atoms with Crippen LogP contribution in [-0.2, 0) is 0 Å². The van der Waals surface area contributed by atoms with Crippen LogP contribution in [0.5, 0.6) is 5.75 Å². The lowest BCUT2D eigenvalue weighted by atomic mass is 10.1. The number of carbonyl (C=O) groups is 1. The third kappa shape index (κ3) is 4.30. The number of aromatic nitrogens is 1. The number of amides is 1. The summed E-state index contributed by atoms with van der Waals surface area (Å²) >= 11 is 0. The number of anilines is 1. The standard InChI is InChI=1S/C19H18N4O4/c24-14-5-1-4-13(12-14)19(25)22-11-3-10-20-16-7-8-17(23(26)27)15-6-2-9-21-18(15)16/h1-2,4-9,12,20,24H,3,10-11H2,(H,22,25). The maximum Gasteiger partial charge on any atom is 0.278 e. The molecule has 1 aromatic heterocycles. The third-order valence-corrected chi connectivity index (χ3v) is 4.01. The van der Waals surface area contributed by atoms with E-state index in [1.807, 2.05) is 0 Å². The van der Waals surface area contributed by atoms with Crippen molar-refractivity contribution in [3.63, 3.8) is 0 Å². The fourth-order valence-corrected chi connectivity index (χ4v) is 2.72. The molecule has 27 heavy (non-hydrogen) atoms. The Morgan fingerprint density at radius 1 is 1.15 bits per heavy atom. The quantitative estimate of drug-likeness (QED) is 0.336. The summed E-state index contributed by atoms with van der Waals surface area (Å²) in [5.74, 6) is -0.213. The number of nitrogens with one attached hydrogen (secondary N) is 2. The summed E-state index contributed by atoms with van der Waals surface area (Å²) in [5, 5.41) is 27.0. The van der Waals surface area contributed by atoms with Crippen LogP contribution in [0.4, 0.5) is 11.4 Å². The van der Waals surface area contributed by atoms with Gasteiger partial charge in [0.05, 0.1) is 16.0 Å².